The van der Waals surface area contributed by atoms with Crippen molar-refractivity contribution in [2.45, 2.75) is 33.0 Å². The Morgan fingerprint density at radius 3 is 2.26 bits per heavy atom. The third kappa shape index (κ3) is 5.04. The maximum absolute atomic E-state index is 14.0. The molecule has 1 aromatic heterocycles. The van der Waals surface area contributed by atoms with Gasteiger partial charge in [0, 0.05) is 17.7 Å². The minimum Gasteiger partial charge on any atom is -0.334 e. The number of benzene rings is 3. The number of hydrogen-bond acceptors (Lipinski definition) is 4. The highest BCUT2D eigenvalue weighted by Crippen LogP contribution is 2.40. The van der Waals surface area contributed by atoms with Gasteiger partial charge in [0.05, 0.1) is 5.56 Å². The van der Waals surface area contributed by atoms with Gasteiger partial charge in [0.1, 0.15) is 0 Å². The van der Waals surface area contributed by atoms with Gasteiger partial charge in [-0.2, -0.15) is 18.2 Å². The van der Waals surface area contributed by atoms with Crippen molar-refractivity contribution in [3.05, 3.63) is 83.4 Å². The van der Waals surface area contributed by atoms with E-state index >= 15 is 0 Å². The summed E-state index contributed by atoms with van der Waals surface area (Å²) in [6.07, 6.45) is -3.90. The first-order chi connectivity index (χ1) is 16.3. The van der Waals surface area contributed by atoms with Crippen molar-refractivity contribution in [3.63, 3.8) is 0 Å². The molecule has 0 bridgehead atoms. The first-order valence-corrected chi connectivity index (χ1v) is 11.2. The summed E-state index contributed by atoms with van der Waals surface area (Å²) >= 11 is 0. The van der Waals surface area contributed by atoms with E-state index in [1.165, 1.54) is 6.07 Å². The standard InChI is InChI=1S/C27H26F3N3O/c1-4-19-8-6-7-9-22(19)23-15-14-21(16-24(23)27(28,29)30)26-31-25(32-34-26)20-12-10-18(11-13-20)17-33(3)5-2/h6-16H,4-5,17H2,1-3H3. The van der Waals surface area contributed by atoms with Crippen LogP contribution in [0.1, 0.15) is 30.5 Å². The molecule has 0 saturated carbocycles. The molecule has 34 heavy (non-hydrogen) atoms. The summed E-state index contributed by atoms with van der Waals surface area (Å²) in [6.45, 7) is 5.78. The highest BCUT2D eigenvalue weighted by atomic mass is 19.4. The molecule has 0 aliphatic carbocycles. The SMILES string of the molecule is CCc1ccccc1-c1ccc(-c2nc(-c3ccc(CN(C)CC)cc3)no2)cc1C(F)(F)F. The minimum absolute atomic E-state index is 0.0469. The summed E-state index contributed by atoms with van der Waals surface area (Å²) < 4.78 is 47.4. The van der Waals surface area contributed by atoms with Gasteiger partial charge in [-0.3, -0.25) is 0 Å². The number of nitrogens with zero attached hydrogens (tertiary/aromatic N) is 3. The molecule has 0 atom stereocenters. The van der Waals surface area contributed by atoms with E-state index in [1.807, 2.05) is 50.4 Å². The molecule has 3 aromatic carbocycles. The van der Waals surface area contributed by atoms with Crippen molar-refractivity contribution < 1.29 is 17.7 Å². The van der Waals surface area contributed by atoms with Gasteiger partial charge < -0.3 is 9.42 Å². The summed E-state index contributed by atoms with van der Waals surface area (Å²) in [5.74, 6) is 0.380. The summed E-state index contributed by atoms with van der Waals surface area (Å²) in [7, 11) is 2.04. The monoisotopic (exact) mass is 465 g/mol. The Hall–Kier alpha value is -3.45. The predicted molar refractivity (Wildman–Crippen MR) is 127 cm³/mol. The van der Waals surface area contributed by atoms with E-state index in [0.29, 0.717) is 17.8 Å². The molecule has 4 nitrogen and oxygen atoms in total. The normalized spacial score (nSPS) is 11.9. The van der Waals surface area contributed by atoms with Crippen molar-refractivity contribution >= 4 is 0 Å². The van der Waals surface area contributed by atoms with Crippen LogP contribution in [0.4, 0.5) is 13.2 Å². The minimum atomic E-state index is -4.53. The van der Waals surface area contributed by atoms with Crippen molar-refractivity contribution in [1.29, 1.82) is 0 Å². The van der Waals surface area contributed by atoms with Crippen LogP contribution in [-0.4, -0.2) is 28.6 Å². The number of halogens is 3. The number of aryl methyl sites for hydroxylation is 1. The fourth-order valence-corrected chi connectivity index (χ4v) is 3.88. The van der Waals surface area contributed by atoms with Gasteiger partial charge in [-0.05, 0) is 54.4 Å². The molecule has 0 fully saturated rings. The number of rotatable bonds is 7. The lowest BCUT2D eigenvalue weighted by molar-refractivity contribution is -0.137. The lowest BCUT2D eigenvalue weighted by atomic mass is 9.92. The van der Waals surface area contributed by atoms with Gasteiger partial charge in [-0.1, -0.05) is 73.6 Å². The Bertz CT molecular complexity index is 1260. The molecular formula is C27H26F3N3O. The van der Waals surface area contributed by atoms with Crippen LogP contribution in [0, 0.1) is 0 Å². The number of hydrogen-bond donors (Lipinski definition) is 0. The van der Waals surface area contributed by atoms with Crippen LogP contribution >= 0.6 is 0 Å². The van der Waals surface area contributed by atoms with Crippen molar-refractivity contribution in [2.75, 3.05) is 13.6 Å². The van der Waals surface area contributed by atoms with E-state index in [4.69, 9.17) is 4.52 Å². The van der Waals surface area contributed by atoms with Crippen LogP contribution in [0.15, 0.2) is 71.3 Å². The largest absolute Gasteiger partial charge is 0.417 e. The third-order valence-electron chi connectivity index (χ3n) is 5.89. The molecule has 7 heteroatoms. The Labute approximate surface area is 197 Å². The average molecular weight is 466 g/mol. The molecule has 176 valence electrons. The van der Waals surface area contributed by atoms with Crippen molar-refractivity contribution in [2.24, 2.45) is 0 Å². The van der Waals surface area contributed by atoms with E-state index in [2.05, 4.69) is 22.0 Å². The van der Waals surface area contributed by atoms with Gasteiger partial charge in [0.15, 0.2) is 0 Å². The fraction of sp³-hybridized carbons (Fsp3) is 0.259. The molecular weight excluding hydrogens is 439 g/mol. The topological polar surface area (TPSA) is 42.2 Å². The molecule has 0 unspecified atom stereocenters. The number of alkyl halides is 3. The first-order valence-electron chi connectivity index (χ1n) is 11.2. The fourth-order valence-electron chi connectivity index (χ4n) is 3.88. The van der Waals surface area contributed by atoms with Crippen molar-refractivity contribution in [3.8, 4) is 34.0 Å². The molecule has 4 aromatic rings. The van der Waals surface area contributed by atoms with Gasteiger partial charge in [-0.15, -0.1) is 0 Å². The Balaban J connectivity index is 1.67. The zero-order chi connectivity index (χ0) is 24.3. The third-order valence-corrected chi connectivity index (χ3v) is 5.89. The van der Waals surface area contributed by atoms with Crippen LogP contribution in [0.3, 0.4) is 0 Å². The van der Waals surface area contributed by atoms with E-state index in [0.717, 1.165) is 35.8 Å². The molecule has 0 aliphatic heterocycles. The van der Waals surface area contributed by atoms with Crippen LogP contribution in [0.5, 0.6) is 0 Å². The van der Waals surface area contributed by atoms with Crippen LogP contribution in [0.2, 0.25) is 0 Å². The van der Waals surface area contributed by atoms with Gasteiger partial charge >= 0.3 is 6.18 Å². The van der Waals surface area contributed by atoms with Crippen LogP contribution in [-0.2, 0) is 19.1 Å². The summed E-state index contributed by atoms with van der Waals surface area (Å²) in [5, 5.41) is 3.99. The molecule has 0 amide bonds. The number of aromatic nitrogens is 2. The Morgan fingerprint density at radius 1 is 0.882 bits per heavy atom. The van der Waals surface area contributed by atoms with E-state index < -0.39 is 11.7 Å². The second kappa shape index (κ2) is 9.81. The molecule has 0 aliphatic rings. The average Bonchev–Trinajstić information content (AvgIpc) is 3.34. The van der Waals surface area contributed by atoms with Crippen LogP contribution < -0.4 is 0 Å². The summed E-state index contributed by atoms with van der Waals surface area (Å²) in [4.78, 5) is 6.54. The maximum atomic E-state index is 14.0. The van der Waals surface area contributed by atoms with Crippen LogP contribution in [0.25, 0.3) is 34.0 Å². The highest BCUT2D eigenvalue weighted by Gasteiger charge is 2.35. The second-order valence-corrected chi connectivity index (χ2v) is 8.22. The zero-order valence-corrected chi connectivity index (χ0v) is 19.4. The van der Waals surface area contributed by atoms with E-state index in [9.17, 15) is 13.2 Å². The van der Waals surface area contributed by atoms with Gasteiger partial charge in [-0.25, -0.2) is 0 Å². The Kier molecular flexibility index (Phi) is 6.84. The van der Waals surface area contributed by atoms with Gasteiger partial charge in [0.2, 0.25) is 5.82 Å². The first kappa shape index (κ1) is 23.7. The molecule has 0 radical (unpaired) electrons. The van der Waals surface area contributed by atoms with Gasteiger partial charge in [0.25, 0.3) is 5.89 Å². The van der Waals surface area contributed by atoms with E-state index in [-0.39, 0.29) is 17.0 Å². The quantitative estimate of drug-likeness (QED) is 0.292. The second-order valence-electron chi connectivity index (χ2n) is 8.22. The smallest absolute Gasteiger partial charge is 0.334 e. The van der Waals surface area contributed by atoms with E-state index in [1.54, 1.807) is 18.2 Å². The molecule has 4 rings (SSSR count). The highest BCUT2D eigenvalue weighted by molar-refractivity contribution is 5.75. The predicted octanol–water partition coefficient (Wildman–Crippen LogP) is 7.10. The molecule has 1 heterocycles. The summed E-state index contributed by atoms with van der Waals surface area (Å²) in [5.41, 5.74) is 2.96. The zero-order valence-electron chi connectivity index (χ0n) is 19.4. The van der Waals surface area contributed by atoms with Crippen molar-refractivity contribution in [1.82, 2.24) is 15.0 Å². The Morgan fingerprint density at radius 2 is 1.59 bits per heavy atom. The maximum Gasteiger partial charge on any atom is 0.417 e. The summed E-state index contributed by atoms with van der Waals surface area (Å²) in [6, 6.07) is 19.1. The lowest BCUT2D eigenvalue weighted by Gasteiger charge is -2.16. The molecule has 0 N–H and O–H groups in total. The molecule has 0 spiro atoms. The lowest BCUT2D eigenvalue weighted by Crippen LogP contribution is -2.16. The molecule has 0 saturated heterocycles.